The molecule has 3 rings (SSSR count). The molecule has 0 spiro atoms. The molecule has 0 bridgehead atoms. The molecule has 0 saturated heterocycles. The summed E-state index contributed by atoms with van der Waals surface area (Å²) in [5, 5.41) is 1.85. The summed E-state index contributed by atoms with van der Waals surface area (Å²) in [6.45, 7) is 0. The van der Waals surface area contributed by atoms with E-state index in [2.05, 4.69) is 4.98 Å². The lowest BCUT2D eigenvalue weighted by Crippen LogP contribution is -2.07. The Balaban J connectivity index is 2.44. The number of fused-ring (bicyclic) bond motifs is 3. The second-order valence-corrected chi connectivity index (χ2v) is 7.01. The lowest BCUT2D eigenvalue weighted by Gasteiger charge is -2.16. The van der Waals surface area contributed by atoms with Crippen molar-refractivity contribution in [2.24, 2.45) is 0 Å². The maximum atomic E-state index is 12.9. The SMILES string of the molecule is FC(F)(F)c1ccc2c(c1)nc(C(Cl)(Cl)Cl)c1ccccc12. The van der Waals surface area contributed by atoms with Gasteiger partial charge in [-0.05, 0) is 17.5 Å². The van der Waals surface area contributed by atoms with E-state index in [0.29, 0.717) is 16.2 Å². The highest BCUT2D eigenvalue weighted by Crippen LogP contribution is 2.42. The van der Waals surface area contributed by atoms with Crippen molar-refractivity contribution in [1.29, 1.82) is 0 Å². The van der Waals surface area contributed by atoms with Gasteiger partial charge in [-0.3, -0.25) is 0 Å². The summed E-state index contributed by atoms with van der Waals surface area (Å²) < 4.78 is 36.7. The van der Waals surface area contributed by atoms with E-state index in [9.17, 15) is 13.2 Å². The summed E-state index contributed by atoms with van der Waals surface area (Å²) in [6.07, 6.45) is -4.46. The van der Waals surface area contributed by atoms with Gasteiger partial charge in [0.2, 0.25) is 3.79 Å². The number of halogens is 6. The lowest BCUT2D eigenvalue weighted by molar-refractivity contribution is -0.137. The van der Waals surface area contributed by atoms with E-state index >= 15 is 0 Å². The van der Waals surface area contributed by atoms with Crippen LogP contribution >= 0.6 is 34.8 Å². The number of aromatic nitrogens is 1. The highest BCUT2D eigenvalue weighted by molar-refractivity contribution is 6.67. The van der Waals surface area contributed by atoms with Crippen LogP contribution in [0.25, 0.3) is 21.7 Å². The van der Waals surface area contributed by atoms with Crippen molar-refractivity contribution in [3.63, 3.8) is 0 Å². The molecule has 1 aromatic heterocycles. The van der Waals surface area contributed by atoms with Gasteiger partial charge < -0.3 is 0 Å². The fraction of sp³-hybridized carbons (Fsp3) is 0.133. The standard InChI is InChI=1S/C15H7Cl3F3N/c16-14(17,18)13-11-4-2-1-3-9(11)10-6-5-8(15(19,20)21)7-12(10)22-13/h1-7H. The van der Waals surface area contributed by atoms with Crippen LogP contribution in [0, 0.1) is 0 Å². The Kier molecular flexibility index (Phi) is 3.67. The van der Waals surface area contributed by atoms with Crippen LogP contribution in [0.1, 0.15) is 11.3 Å². The van der Waals surface area contributed by atoms with E-state index in [1.54, 1.807) is 24.3 Å². The zero-order valence-corrected chi connectivity index (χ0v) is 13.0. The molecule has 7 heteroatoms. The Morgan fingerprint density at radius 2 is 1.45 bits per heavy atom. The van der Waals surface area contributed by atoms with E-state index in [1.807, 2.05) is 0 Å². The molecule has 0 radical (unpaired) electrons. The van der Waals surface area contributed by atoms with Gasteiger partial charge in [-0.25, -0.2) is 4.98 Å². The third kappa shape index (κ3) is 2.71. The molecule has 0 aliphatic carbocycles. The molecule has 0 fully saturated rings. The number of alkyl halides is 6. The van der Waals surface area contributed by atoms with Crippen molar-refractivity contribution in [2.45, 2.75) is 9.97 Å². The largest absolute Gasteiger partial charge is 0.416 e. The highest BCUT2D eigenvalue weighted by atomic mass is 35.6. The molecule has 3 aromatic rings. The van der Waals surface area contributed by atoms with Crippen LogP contribution in [0.4, 0.5) is 13.2 Å². The molecule has 0 aliphatic rings. The molecule has 0 unspecified atom stereocenters. The fourth-order valence-electron chi connectivity index (χ4n) is 2.35. The first-order valence-corrected chi connectivity index (χ1v) is 7.28. The van der Waals surface area contributed by atoms with Crippen LogP contribution in [-0.2, 0) is 9.97 Å². The molecule has 1 nitrogen and oxygen atoms in total. The fourth-order valence-corrected chi connectivity index (χ4v) is 2.78. The normalized spacial score (nSPS) is 13.0. The minimum atomic E-state index is -4.46. The number of nitrogens with zero attached hydrogens (tertiary/aromatic N) is 1. The van der Waals surface area contributed by atoms with Gasteiger partial charge in [-0.2, -0.15) is 13.2 Å². The van der Waals surface area contributed by atoms with Crippen molar-refractivity contribution < 1.29 is 13.2 Å². The lowest BCUT2D eigenvalue weighted by atomic mass is 10.0. The van der Waals surface area contributed by atoms with Crippen LogP contribution in [0.2, 0.25) is 0 Å². The van der Waals surface area contributed by atoms with Gasteiger partial charge in [0, 0.05) is 10.8 Å². The van der Waals surface area contributed by atoms with E-state index in [0.717, 1.165) is 12.1 Å². The van der Waals surface area contributed by atoms with Crippen molar-refractivity contribution in [1.82, 2.24) is 4.98 Å². The minimum absolute atomic E-state index is 0.111. The Labute approximate surface area is 138 Å². The van der Waals surface area contributed by atoms with Crippen LogP contribution in [0.15, 0.2) is 42.5 Å². The third-order valence-electron chi connectivity index (χ3n) is 3.30. The van der Waals surface area contributed by atoms with Gasteiger partial charge in [0.05, 0.1) is 11.1 Å². The predicted molar refractivity (Wildman–Crippen MR) is 83.5 cm³/mol. The quantitative estimate of drug-likeness (QED) is 0.340. The molecule has 0 N–H and O–H groups in total. The highest BCUT2D eigenvalue weighted by Gasteiger charge is 2.32. The molecule has 0 amide bonds. The molecule has 0 saturated carbocycles. The Hall–Kier alpha value is -1.23. The average Bonchev–Trinajstić information content (AvgIpc) is 2.44. The average molecular weight is 365 g/mol. The van der Waals surface area contributed by atoms with Crippen molar-refractivity contribution in [3.05, 3.63) is 53.7 Å². The first-order chi connectivity index (χ1) is 10.2. The monoisotopic (exact) mass is 363 g/mol. The number of hydrogen-bond donors (Lipinski definition) is 0. The van der Waals surface area contributed by atoms with Crippen molar-refractivity contribution in [3.8, 4) is 0 Å². The second-order valence-electron chi connectivity index (χ2n) is 4.73. The van der Waals surface area contributed by atoms with Crippen molar-refractivity contribution >= 4 is 56.5 Å². The van der Waals surface area contributed by atoms with Crippen LogP contribution in [0.5, 0.6) is 0 Å². The van der Waals surface area contributed by atoms with Gasteiger partial charge in [0.15, 0.2) is 0 Å². The van der Waals surface area contributed by atoms with E-state index in [4.69, 9.17) is 34.8 Å². The van der Waals surface area contributed by atoms with E-state index < -0.39 is 15.5 Å². The molecule has 0 aliphatic heterocycles. The van der Waals surface area contributed by atoms with Gasteiger partial charge in [0.1, 0.15) is 5.69 Å². The minimum Gasteiger partial charge on any atom is -0.248 e. The number of benzene rings is 2. The summed E-state index contributed by atoms with van der Waals surface area (Å²) in [6, 6.07) is 10.4. The first kappa shape index (κ1) is 15.7. The predicted octanol–water partition coefficient (Wildman–Crippen LogP) is 6.23. The first-order valence-electron chi connectivity index (χ1n) is 6.15. The van der Waals surface area contributed by atoms with Gasteiger partial charge in [0.25, 0.3) is 0 Å². The topological polar surface area (TPSA) is 12.9 Å². The summed E-state index contributed by atoms with van der Waals surface area (Å²) >= 11 is 17.7. The van der Waals surface area contributed by atoms with E-state index in [-0.39, 0.29) is 11.2 Å². The molecule has 22 heavy (non-hydrogen) atoms. The molecular weight excluding hydrogens is 358 g/mol. The molecule has 0 atom stereocenters. The van der Waals surface area contributed by atoms with E-state index in [1.165, 1.54) is 6.07 Å². The molecule has 1 heterocycles. The number of pyridine rings is 1. The van der Waals surface area contributed by atoms with Gasteiger partial charge >= 0.3 is 6.18 Å². The maximum absolute atomic E-state index is 12.9. The number of hydrogen-bond acceptors (Lipinski definition) is 1. The van der Waals surface area contributed by atoms with Crippen LogP contribution in [-0.4, -0.2) is 4.98 Å². The molecule has 114 valence electrons. The molecule has 2 aromatic carbocycles. The zero-order valence-electron chi connectivity index (χ0n) is 10.8. The van der Waals surface area contributed by atoms with Gasteiger partial charge in [-0.15, -0.1) is 0 Å². The number of rotatable bonds is 0. The van der Waals surface area contributed by atoms with Crippen LogP contribution < -0.4 is 0 Å². The maximum Gasteiger partial charge on any atom is 0.416 e. The Morgan fingerprint density at radius 3 is 2.05 bits per heavy atom. The Morgan fingerprint density at radius 1 is 0.818 bits per heavy atom. The summed E-state index contributed by atoms with van der Waals surface area (Å²) in [5.41, 5.74) is -0.548. The zero-order chi connectivity index (χ0) is 16.1. The van der Waals surface area contributed by atoms with Crippen LogP contribution in [0.3, 0.4) is 0 Å². The summed E-state index contributed by atoms with van der Waals surface area (Å²) in [5.74, 6) is 0. The molecular formula is C15H7Cl3F3N. The summed E-state index contributed by atoms with van der Waals surface area (Å²) in [4.78, 5) is 4.15. The van der Waals surface area contributed by atoms with Gasteiger partial charge in [-0.1, -0.05) is 65.1 Å². The summed E-state index contributed by atoms with van der Waals surface area (Å²) in [7, 11) is 0. The second kappa shape index (κ2) is 5.15. The smallest absolute Gasteiger partial charge is 0.248 e. The van der Waals surface area contributed by atoms with Crippen molar-refractivity contribution in [2.75, 3.05) is 0 Å². The Bertz CT molecular complexity index is 869. The third-order valence-corrected chi connectivity index (χ3v) is 3.84.